The van der Waals surface area contributed by atoms with E-state index in [-0.39, 0.29) is 0 Å². The van der Waals surface area contributed by atoms with Crippen LogP contribution in [-0.4, -0.2) is 0 Å². The summed E-state index contributed by atoms with van der Waals surface area (Å²) in [7, 11) is 0. The van der Waals surface area contributed by atoms with Crippen molar-refractivity contribution in [2.45, 2.75) is 54.9 Å². The van der Waals surface area contributed by atoms with Crippen molar-refractivity contribution >= 4 is 0 Å². The summed E-state index contributed by atoms with van der Waals surface area (Å²) in [6.07, 6.45) is 1.39. The summed E-state index contributed by atoms with van der Waals surface area (Å²) in [4.78, 5) is 0. The van der Waals surface area contributed by atoms with Crippen molar-refractivity contribution in [3.05, 3.63) is 0 Å². The molecule has 1 rings (SSSR count). The van der Waals surface area contributed by atoms with Crippen molar-refractivity contribution in [1.82, 2.24) is 0 Å². The second-order valence-corrected chi connectivity index (χ2v) is 6.34. The Bertz CT molecular complexity index is 184. The number of rotatable bonds is 4. The summed E-state index contributed by atoms with van der Waals surface area (Å²) < 4.78 is 0. The smallest absolute Gasteiger partial charge is 0.0241 e. The van der Waals surface area contributed by atoms with Gasteiger partial charge in [0.1, 0.15) is 0 Å². The predicted molar refractivity (Wildman–Crippen MR) is 64.2 cm³/mol. The highest BCUT2D eigenvalue weighted by Crippen LogP contribution is 2.64. The summed E-state index contributed by atoms with van der Waals surface area (Å²) in [5, 5.41) is 0. The Kier molecular flexibility index (Phi) is 3.33. The molecule has 0 radical (unpaired) electrons. The van der Waals surface area contributed by atoms with Gasteiger partial charge in [0.2, 0.25) is 0 Å². The predicted octanol–water partition coefficient (Wildman–Crippen LogP) is 4.60. The van der Waals surface area contributed by atoms with Gasteiger partial charge in [-0.1, -0.05) is 48.5 Å². The van der Waals surface area contributed by atoms with Crippen molar-refractivity contribution in [2.75, 3.05) is 0 Å². The van der Waals surface area contributed by atoms with Crippen molar-refractivity contribution in [2.24, 2.45) is 35.0 Å². The first kappa shape index (κ1) is 12.1. The maximum Gasteiger partial charge on any atom is -0.0241 e. The lowest BCUT2D eigenvalue weighted by atomic mass is 9.77. The summed E-state index contributed by atoms with van der Waals surface area (Å²) >= 11 is 0. The maximum atomic E-state index is 2.49. The van der Waals surface area contributed by atoms with Crippen LogP contribution in [0.3, 0.4) is 0 Å². The van der Waals surface area contributed by atoms with Gasteiger partial charge >= 0.3 is 0 Å². The minimum Gasteiger partial charge on any atom is -0.0628 e. The number of hydrogen-bond acceptors (Lipinski definition) is 0. The molecule has 0 amide bonds. The van der Waals surface area contributed by atoms with E-state index < -0.39 is 0 Å². The molecule has 84 valence electrons. The fourth-order valence-corrected chi connectivity index (χ4v) is 3.41. The lowest BCUT2D eigenvalue weighted by molar-refractivity contribution is 0.205. The molecule has 0 aromatic heterocycles. The molecule has 0 aliphatic heterocycles. The van der Waals surface area contributed by atoms with Crippen LogP contribution < -0.4 is 0 Å². The molecule has 0 bridgehead atoms. The Morgan fingerprint density at radius 2 is 1.43 bits per heavy atom. The molecule has 0 saturated heterocycles. The Labute approximate surface area is 90.5 Å². The van der Waals surface area contributed by atoms with Gasteiger partial charge in [-0.05, 0) is 41.4 Å². The minimum absolute atomic E-state index is 0.633. The normalized spacial score (nSPS) is 41.1. The van der Waals surface area contributed by atoms with Crippen LogP contribution in [-0.2, 0) is 0 Å². The van der Waals surface area contributed by atoms with Crippen molar-refractivity contribution in [1.29, 1.82) is 0 Å². The van der Waals surface area contributed by atoms with Crippen LogP contribution in [0, 0.1) is 35.0 Å². The molecule has 0 aromatic carbocycles. The third-order valence-corrected chi connectivity index (χ3v) is 5.28. The molecule has 0 spiro atoms. The van der Waals surface area contributed by atoms with Gasteiger partial charge in [0.25, 0.3) is 0 Å². The second kappa shape index (κ2) is 3.87. The summed E-state index contributed by atoms with van der Waals surface area (Å²) in [6, 6.07) is 0. The molecule has 0 heteroatoms. The highest BCUT2D eigenvalue weighted by atomic mass is 14.6. The minimum atomic E-state index is 0.633. The molecule has 1 fully saturated rings. The SMILES string of the molecule is CC(C)CC(C)C(C)C1(C)C(C)C1C. The van der Waals surface area contributed by atoms with E-state index in [1.807, 2.05) is 0 Å². The first-order chi connectivity index (χ1) is 6.31. The van der Waals surface area contributed by atoms with E-state index in [4.69, 9.17) is 0 Å². The highest BCUT2D eigenvalue weighted by Gasteiger charge is 2.58. The van der Waals surface area contributed by atoms with Gasteiger partial charge in [-0.25, -0.2) is 0 Å². The van der Waals surface area contributed by atoms with E-state index in [0.29, 0.717) is 5.41 Å². The van der Waals surface area contributed by atoms with E-state index in [9.17, 15) is 0 Å². The van der Waals surface area contributed by atoms with E-state index in [1.54, 1.807) is 0 Å². The topological polar surface area (TPSA) is 0 Å². The molecule has 1 aliphatic carbocycles. The highest BCUT2D eigenvalue weighted by molar-refractivity contribution is 5.06. The van der Waals surface area contributed by atoms with Crippen molar-refractivity contribution < 1.29 is 0 Å². The molecule has 14 heavy (non-hydrogen) atoms. The summed E-state index contributed by atoms with van der Waals surface area (Å²) in [6.45, 7) is 16.9. The Morgan fingerprint density at radius 1 is 1.00 bits per heavy atom. The van der Waals surface area contributed by atoms with Gasteiger partial charge in [0.15, 0.2) is 0 Å². The fraction of sp³-hybridized carbons (Fsp3) is 1.00. The molecular weight excluding hydrogens is 168 g/mol. The molecule has 0 aromatic rings. The zero-order chi connectivity index (χ0) is 11.1. The van der Waals surface area contributed by atoms with Gasteiger partial charge in [0.05, 0.1) is 0 Å². The van der Waals surface area contributed by atoms with Crippen LogP contribution in [0.1, 0.15) is 54.9 Å². The molecule has 1 aliphatic rings. The van der Waals surface area contributed by atoms with Gasteiger partial charge in [-0.3, -0.25) is 0 Å². The van der Waals surface area contributed by atoms with E-state index in [2.05, 4.69) is 48.5 Å². The fourth-order valence-electron chi connectivity index (χ4n) is 3.41. The van der Waals surface area contributed by atoms with Crippen LogP contribution in [0.25, 0.3) is 0 Å². The lowest BCUT2D eigenvalue weighted by Crippen LogP contribution is -2.21. The monoisotopic (exact) mass is 196 g/mol. The molecular formula is C14H28. The molecule has 4 unspecified atom stereocenters. The van der Waals surface area contributed by atoms with Gasteiger partial charge in [-0.2, -0.15) is 0 Å². The molecule has 4 atom stereocenters. The Hall–Kier alpha value is 0. The van der Waals surface area contributed by atoms with E-state index in [1.165, 1.54) is 6.42 Å². The van der Waals surface area contributed by atoms with Gasteiger partial charge in [-0.15, -0.1) is 0 Å². The molecule has 0 heterocycles. The quantitative estimate of drug-likeness (QED) is 0.616. The van der Waals surface area contributed by atoms with E-state index >= 15 is 0 Å². The maximum absolute atomic E-state index is 2.49. The van der Waals surface area contributed by atoms with Crippen molar-refractivity contribution in [3.8, 4) is 0 Å². The van der Waals surface area contributed by atoms with Gasteiger partial charge in [0, 0.05) is 0 Å². The second-order valence-electron chi connectivity index (χ2n) is 6.34. The largest absolute Gasteiger partial charge is 0.0628 e. The van der Waals surface area contributed by atoms with Crippen LogP contribution in [0.15, 0.2) is 0 Å². The zero-order valence-corrected chi connectivity index (χ0v) is 11.1. The summed E-state index contributed by atoms with van der Waals surface area (Å²) in [5.41, 5.74) is 0.633. The standard InChI is InChI=1S/C14H28/c1-9(2)8-10(3)11(4)14(7)12(5)13(14)6/h9-13H,8H2,1-7H3. The molecule has 0 N–H and O–H groups in total. The van der Waals surface area contributed by atoms with Crippen LogP contribution in [0.2, 0.25) is 0 Å². The Morgan fingerprint density at radius 3 is 1.71 bits per heavy atom. The summed E-state index contributed by atoms with van der Waals surface area (Å²) in [5.74, 6) is 4.49. The lowest BCUT2D eigenvalue weighted by Gasteiger charge is -2.28. The third kappa shape index (κ3) is 1.85. The van der Waals surface area contributed by atoms with Crippen LogP contribution >= 0.6 is 0 Å². The van der Waals surface area contributed by atoms with Gasteiger partial charge < -0.3 is 0 Å². The van der Waals surface area contributed by atoms with Crippen LogP contribution in [0.4, 0.5) is 0 Å². The Balaban J connectivity index is 2.53. The first-order valence-corrected chi connectivity index (χ1v) is 6.31. The van der Waals surface area contributed by atoms with E-state index in [0.717, 1.165) is 29.6 Å². The van der Waals surface area contributed by atoms with Crippen molar-refractivity contribution in [3.63, 3.8) is 0 Å². The zero-order valence-electron chi connectivity index (χ0n) is 11.1. The van der Waals surface area contributed by atoms with Crippen LogP contribution in [0.5, 0.6) is 0 Å². The first-order valence-electron chi connectivity index (χ1n) is 6.31. The average Bonchev–Trinajstić information content (AvgIpc) is 2.55. The average molecular weight is 196 g/mol. The number of hydrogen-bond donors (Lipinski definition) is 0. The third-order valence-electron chi connectivity index (χ3n) is 5.28. The molecule has 0 nitrogen and oxygen atoms in total. The molecule has 1 saturated carbocycles.